The van der Waals surface area contributed by atoms with E-state index >= 15 is 0 Å². The Bertz CT molecular complexity index is 210. The van der Waals surface area contributed by atoms with Crippen LogP contribution in [0.2, 0.25) is 0 Å². The third-order valence-corrected chi connectivity index (χ3v) is 3.57. The highest BCUT2D eigenvalue weighted by molar-refractivity contribution is 6.32. The Hall–Kier alpha value is -0.300. The number of alkyl halides is 1. The molecular weight excluding hydrogens is 160 g/mol. The van der Waals surface area contributed by atoms with Crippen LogP contribution < -0.4 is 0 Å². The third-order valence-electron chi connectivity index (χ3n) is 3.00. The van der Waals surface area contributed by atoms with Crippen molar-refractivity contribution in [2.24, 2.45) is 17.8 Å². The largest absolute Gasteiger partial charge is 0.298 e. The van der Waals surface area contributed by atoms with E-state index in [0.29, 0.717) is 11.8 Å². The Morgan fingerprint density at radius 3 is 2.73 bits per heavy atom. The summed E-state index contributed by atoms with van der Waals surface area (Å²) in [6.45, 7) is 3.73. The van der Waals surface area contributed by atoms with Crippen molar-refractivity contribution in [1.29, 1.82) is 0 Å². The molecule has 0 amide bonds. The Kier molecular flexibility index (Phi) is 1.57. The first-order valence-electron chi connectivity index (χ1n) is 4.04. The van der Waals surface area contributed by atoms with Crippen molar-refractivity contribution in [2.45, 2.75) is 18.2 Å². The van der Waals surface area contributed by atoms with Gasteiger partial charge in [0, 0.05) is 5.92 Å². The van der Waals surface area contributed by atoms with Gasteiger partial charge in [0.1, 0.15) is 0 Å². The van der Waals surface area contributed by atoms with Gasteiger partial charge in [0.25, 0.3) is 0 Å². The number of rotatable bonds is 1. The topological polar surface area (TPSA) is 17.1 Å². The van der Waals surface area contributed by atoms with Gasteiger partial charge in [-0.15, -0.1) is 18.2 Å². The quantitative estimate of drug-likeness (QED) is 0.435. The summed E-state index contributed by atoms with van der Waals surface area (Å²) in [5.74, 6) is 1.33. The highest BCUT2D eigenvalue weighted by atomic mass is 35.5. The fraction of sp³-hybridized carbons (Fsp3) is 0.667. The number of carbonyl (C=O) groups excluding carboxylic acids is 1. The molecule has 4 atom stereocenters. The van der Waals surface area contributed by atoms with Crippen molar-refractivity contribution in [2.75, 3.05) is 0 Å². The van der Waals surface area contributed by atoms with E-state index < -0.39 is 0 Å². The summed E-state index contributed by atoms with van der Waals surface area (Å²) < 4.78 is 0. The van der Waals surface area contributed by atoms with E-state index in [-0.39, 0.29) is 17.1 Å². The Morgan fingerprint density at radius 1 is 1.55 bits per heavy atom. The number of halogens is 1. The second-order valence-electron chi connectivity index (χ2n) is 3.54. The van der Waals surface area contributed by atoms with Gasteiger partial charge in [-0.25, -0.2) is 0 Å². The van der Waals surface area contributed by atoms with Crippen LogP contribution in [-0.4, -0.2) is 11.2 Å². The lowest BCUT2D eigenvalue weighted by Crippen LogP contribution is -2.27. The molecule has 2 aliphatic rings. The predicted molar refractivity (Wildman–Crippen MR) is 44.5 cm³/mol. The van der Waals surface area contributed by atoms with E-state index in [0.717, 1.165) is 12.8 Å². The molecule has 2 bridgehead atoms. The van der Waals surface area contributed by atoms with Crippen LogP contribution in [0.15, 0.2) is 12.7 Å². The third kappa shape index (κ3) is 0.871. The van der Waals surface area contributed by atoms with Crippen LogP contribution in [-0.2, 0) is 4.79 Å². The van der Waals surface area contributed by atoms with E-state index in [1.165, 1.54) is 0 Å². The molecule has 2 fully saturated rings. The van der Waals surface area contributed by atoms with Crippen molar-refractivity contribution >= 4 is 17.4 Å². The molecule has 60 valence electrons. The number of carbonyl (C=O) groups is 1. The molecule has 4 unspecified atom stereocenters. The van der Waals surface area contributed by atoms with Crippen LogP contribution in [0, 0.1) is 17.8 Å². The maximum atomic E-state index is 11.4. The number of fused-ring (bicyclic) bond motifs is 2. The first-order chi connectivity index (χ1) is 5.24. The second kappa shape index (κ2) is 2.34. The minimum atomic E-state index is -0.184. The number of allylic oxidation sites excluding steroid dienone is 1. The summed E-state index contributed by atoms with van der Waals surface area (Å²) in [5, 5.41) is -0.184. The van der Waals surface area contributed by atoms with Crippen LogP contribution in [0.4, 0.5) is 0 Å². The molecule has 0 spiro atoms. The van der Waals surface area contributed by atoms with Gasteiger partial charge in [0.15, 0.2) is 5.78 Å². The summed E-state index contributed by atoms with van der Waals surface area (Å²) >= 11 is 5.90. The van der Waals surface area contributed by atoms with Crippen LogP contribution in [0.25, 0.3) is 0 Å². The minimum absolute atomic E-state index is 0.184. The number of ketones is 1. The molecular formula is C9H11ClO. The van der Waals surface area contributed by atoms with Crippen LogP contribution in [0.3, 0.4) is 0 Å². The van der Waals surface area contributed by atoms with E-state index in [4.69, 9.17) is 11.6 Å². The van der Waals surface area contributed by atoms with Crippen molar-refractivity contribution < 1.29 is 4.79 Å². The molecule has 0 aliphatic heterocycles. The van der Waals surface area contributed by atoms with E-state index in [9.17, 15) is 4.79 Å². The maximum absolute atomic E-state index is 11.4. The Morgan fingerprint density at radius 2 is 2.27 bits per heavy atom. The van der Waals surface area contributed by atoms with Crippen LogP contribution >= 0.6 is 11.6 Å². The van der Waals surface area contributed by atoms with Crippen molar-refractivity contribution in [3.63, 3.8) is 0 Å². The summed E-state index contributed by atoms with van der Waals surface area (Å²) in [4.78, 5) is 11.4. The molecule has 2 heteroatoms. The van der Waals surface area contributed by atoms with Crippen molar-refractivity contribution in [3.05, 3.63) is 12.7 Å². The van der Waals surface area contributed by atoms with Gasteiger partial charge < -0.3 is 0 Å². The van der Waals surface area contributed by atoms with Gasteiger partial charge in [-0.05, 0) is 24.7 Å². The van der Waals surface area contributed by atoms with Gasteiger partial charge in [-0.2, -0.15) is 0 Å². The molecule has 0 heterocycles. The SMILES string of the molecule is C=CC1CC2CC1C(=O)C2Cl. The zero-order valence-corrected chi connectivity index (χ0v) is 7.05. The molecule has 2 saturated carbocycles. The maximum Gasteiger partial charge on any atom is 0.154 e. The zero-order valence-electron chi connectivity index (χ0n) is 6.29. The Labute approximate surface area is 71.4 Å². The van der Waals surface area contributed by atoms with Gasteiger partial charge in [-0.3, -0.25) is 4.79 Å². The molecule has 0 aromatic rings. The molecule has 0 radical (unpaired) electrons. The lowest BCUT2D eigenvalue weighted by molar-refractivity contribution is -0.122. The Balaban J connectivity index is 2.22. The first kappa shape index (κ1) is 7.35. The van der Waals surface area contributed by atoms with Crippen LogP contribution in [0.5, 0.6) is 0 Å². The summed E-state index contributed by atoms with van der Waals surface area (Å²) in [6, 6.07) is 0. The van der Waals surface area contributed by atoms with Crippen molar-refractivity contribution in [3.8, 4) is 0 Å². The fourth-order valence-electron chi connectivity index (χ4n) is 2.37. The predicted octanol–water partition coefficient (Wildman–Crippen LogP) is 2.00. The molecule has 11 heavy (non-hydrogen) atoms. The second-order valence-corrected chi connectivity index (χ2v) is 4.01. The first-order valence-corrected chi connectivity index (χ1v) is 4.48. The number of Topliss-reactive ketones (excluding diaryl/α,β-unsaturated/α-hetero) is 1. The zero-order chi connectivity index (χ0) is 8.01. The smallest absolute Gasteiger partial charge is 0.154 e. The molecule has 0 N–H and O–H groups in total. The van der Waals surface area contributed by atoms with E-state index in [2.05, 4.69) is 6.58 Å². The molecule has 1 nitrogen and oxygen atoms in total. The van der Waals surface area contributed by atoms with E-state index in [1.807, 2.05) is 6.08 Å². The fourth-order valence-corrected chi connectivity index (χ4v) is 2.74. The molecule has 0 aromatic heterocycles. The summed E-state index contributed by atoms with van der Waals surface area (Å²) in [7, 11) is 0. The molecule has 0 aromatic carbocycles. The average molecular weight is 171 g/mol. The van der Waals surface area contributed by atoms with Gasteiger partial charge >= 0.3 is 0 Å². The number of hydrogen-bond acceptors (Lipinski definition) is 1. The van der Waals surface area contributed by atoms with Gasteiger partial charge in [-0.1, -0.05) is 6.08 Å². The van der Waals surface area contributed by atoms with Gasteiger partial charge in [0.05, 0.1) is 5.38 Å². The lowest BCUT2D eigenvalue weighted by atomic mass is 9.88. The van der Waals surface area contributed by atoms with Crippen molar-refractivity contribution in [1.82, 2.24) is 0 Å². The minimum Gasteiger partial charge on any atom is -0.298 e. The van der Waals surface area contributed by atoms with E-state index in [1.54, 1.807) is 0 Å². The molecule has 2 aliphatic carbocycles. The standard InChI is InChI=1S/C9H11ClO/c1-2-5-3-6-4-7(5)9(11)8(6)10/h2,5-8H,1,3-4H2. The summed E-state index contributed by atoms with van der Waals surface area (Å²) in [6.07, 6.45) is 3.99. The molecule has 2 rings (SSSR count). The monoisotopic (exact) mass is 170 g/mol. The highest BCUT2D eigenvalue weighted by Crippen LogP contribution is 2.48. The average Bonchev–Trinajstić information content (AvgIpc) is 2.53. The molecule has 0 saturated heterocycles. The normalized spacial score (nSPS) is 48.3. The van der Waals surface area contributed by atoms with Gasteiger partial charge in [0.2, 0.25) is 0 Å². The lowest BCUT2D eigenvalue weighted by Gasteiger charge is -2.19. The highest BCUT2D eigenvalue weighted by Gasteiger charge is 2.50. The summed E-state index contributed by atoms with van der Waals surface area (Å²) in [5.41, 5.74) is 0. The van der Waals surface area contributed by atoms with Crippen LogP contribution in [0.1, 0.15) is 12.8 Å². The number of hydrogen-bond donors (Lipinski definition) is 0.